The predicted molar refractivity (Wildman–Crippen MR) is 71.2 cm³/mol. The van der Waals surface area contributed by atoms with Crippen molar-refractivity contribution in [2.24, 2.45) is 0 Å². The third kappa shape index (κ3) is 2.49. The van der Waals surface area contributed by atoms with Crippen LogP contribution in [0, 0.1) is 0 Å². The van der Waals surface area contributed by atoms with Gasteiger partial charge in [0.2, 0.25) is 5.95 Å². The number of carbonyl (C=O) groups is 1. The summed E-state index contributed by atoms with van der Waals surface area (Å²) >= 11 is 6.74. The van der Waals surface area contributed by atoms with Crippen LogP contribution in [-0.4, -0.2) is 27.8 Å². The first kappa shape index (κ1) is 12.9. The smallest absolute Gasteiger partial charge is 0.417 e. The van der Waals surface area contributed by atoms with Gasteiger partial charge >= 0.3 is 6.09 Å². The van der Waals surface area contributed by atoms with E-state index in [9.17, 15) is 4.79 Å². The molecule has 1 aromatic rings. The van der Waals surface area contributed by atoms with Crippen molar-refractivity contribution in [2.45, 2.75) is 32.9 Å². The van der Waals surface area contributed by atoms with E-state index in [0.717, 1.165) is 4.60 Å². The first-order valence-electron chi connectivity index (χ1n) is 5.21. The van der Waals surface area contributed by atoms with Crippen molar-refractivity contribution in [3.05, 3.63) is 9.21 Å². The Morgan fingerprint density at radius 2 is 2.00 bits per heavy atom. The summed E-state index contributed by atoms with van der Waals surface area (Å²) < 4.78 is 8.80. The molecule has 0 aromatic carbocycles. The number of anilines is 1. The molecule has 5 nitrogen and oxygen atoms in total. The van der Waals surface area contributed by atoms with Crippen LogP contribution >= 0.6 is 31.9 Å². The summed E-state index contributed by atoms with van der Waals surface area (Å²) in [5.74, 6) is 0.609. The Bertz CT molecular complexity index is 465. The monoisotopic (exact) mass is 365 g/mol. The zero-order valence-electron chi connectivity index (χ0n) is 9.83. The molecule has 0 N–H and O–H groups in total. The molecule has 0 spiro atoms. The Morgan fingerprint density at radius 1 is 1.35 bits per heavy atom. The number of aromatic nitrogens is 2. The van der Waals surface area contributed by atoms with E-state index >= 15 is 0 Å². The number of hydrogen-bond donors (Lipinski definition) is 0. The maximum absolute atomic E-state index is 12.0. The summed E-state index contributed by atoms with van der Waals surface area (Å²) in [7, 11) is 0. The molecule has 7 heteroatoms. The van der Waals surface area contributed by atoms with E-state index in [2.05, 4.69) is 36.8 Å². The van der Waals surface area contributed by atoms with Crippen LogP contribution in [0.5, 0.6) is 0 Å². The van der Waals surface area contributed by atoms with Gasteiger partial charge in [-0.05, 0) is 52.6 Å². The lowest BCUT2D eigenvalue weighted by Gasteiger charge is -2.23. The topological polar surface area (TPSA) is 47.4 Å². The van der Waals surface area contributed by atoms with Crippen molar-refractivity contribution in [1.82, 2.24) is 9.55 Å². The molecule has 17 heavy (non-hydrogen) atoms. The molecular formula is C10H13Br2N3O2. The van der Waals surface area contributed by atoms with Gasteiger partial charge in [0.25, 0.3) is 0 Å². The number of ether oxygens (including phenoxy) is 1. The SMILES string of the molecule is CC(C)(C)OC(=O)N1CCn2c1nc(Br)c2Br. The quantitative estimate of drug-likeness (QED) is 0.708. The summed E-state index contributed by atoms with van der Waals surface area (Å²) in [4.78, 5) is 17.8. The Labute approximate surface area is 116 Å². The van der Waals surface area contributed by atoms with Gasteiger partial charge in [0.15, 0.2) is 0 Å². The van der Waals surface area contributed by atoms with Gasteiger partial charge in [0.05, 0.1) is 6.54 Å². The highest BCUT2D eigenvalue weighted by atomic mass is 79.9. The number of carbonyl (C=O) groups excluding carboxylic acids is 1. The summed E-state index contributed by atoms with van der Waals surface area (Å²) in [5, 5.41) is 0. The molecule has 0 saturated carbocycles. The van der Waals surface area contributed by atoms with Crippen LogP contribution in [0.1, 0.15) is 20.8 Å². The highest BCUT2D eigenvalue weighted by Gasteiger charge is 2.32. The Kier molecular flexibility index (Phi) is 3.24. The zero-order chi connectivity index (χ0) is 12.8. The number of fused-ring (bicyclic) bond motifs is 1. The minimum atomic E-state index is -0.494. The number of imidazole rings is 1. The van der Waals surface area contributed by atoms with Gasteiger partial charge in [-0.15, -0.1) is 0 Å². The zero-order valence-corrected chi connectivity index (χ0v) is 13.0. The Morgan fingerprint density at radius 3 is 2.59 bits per heavy atom. The predicted octanol–water partition coefficient (Wildman–Crippen LogP) is 3.16. The van der Waals surface area contributed by atoms with Crippen molar-refractivity contribution in [2.75, 3.05) is 11.4 Å². The molecule has 0 aliphatic carbocycles. The second-order valence-corrected chi connectivity index (χ2v) is 6.28. The number of rotatable bonds is 0. The third-order valence-corrected chi connectivity index (χ3v) is 4.14. The van der Waals surface area contributed by atoms with E-state index in [1.165, 1.54) is 0 Å². The standard InChI is InChI=1S/C10H13Br2N3O2/c1-10(2,3)17-9(16)15-5-4-14-7(12)6(11)13-8(14)15/h4-5H2,1-3H3. The van der Waals surface area contributed by atoms with Crippen molar-refractivity contribution < 1.29 is 9.53 Å². The first-order chi connectivity index (χ1) is 7.79. The average Bonchev–Trinajstić information content (AvgIpc) is 2.67. The lowest BCUT2D eigenvalue weighted by Crippen LogP contribution is -2.36. The summed E-state index contributed by atoms with van der Waals surface area (Å²) in [6.45, 7) is 6.84. The lowest BCUT2D eigenvalue weighted by atomic mass is 10.2. The van der Waals surface area contributed by atoms with Gasteiger partial charge in [0, 0.05) is 6.54 Å². The van der Waals surface area contributed by atoms with Crippen molar-refractivity contribution in [3.8, 4) is 0 Å². The first-order valence-corrected chi connectivity index (χ1v) is 6.80. The van der Waals surface area contributed by atoms with Crippen LogP contribution in [0.4, 0.5) is 10.7 Å². The molecule has 94 valence electrons. The maximum Gasteiger partial charge on any atom is 0.417 e. The maximum atomic E-state index is 12.0. The molecule has 0 bridgehead atoms. The molecule has 0 saturated heterocycles. The highest BCUT2D eigenvalue weighted by molar-refractivity contribution is 9.13. The molecule has 0 atom stereocenters. The molecule has 1 aliphatic heterocycles. The van der Waals surface area contributed by atoms with Gasteiger partial charge in [-0.3, -0.25) is 0 Å². The van der Waals surface area contributed by atoms with E-state index in [0.29, 0.717) is 23.6 Å². The largest absolute Gasteiger partial charge is 0.443 e. The van der Waals surface area contributed by atoms with Gasteiger partial charge in [-0.25, -0.2) is 14.7 Å². The van der Waals surface area contributed by atoms with Gasteiger partial charge in [-0.1, -0.05) is 0 Å². The number of amides is 1. The molecule has 0 radical (unpaired) electrons. The van der Waals surface area contributed by atoms with Crippen LogP contribution < -0.4 is 4.90 Å². The van der Waals surface area contributed by atoms with Gasteiger partial charge < -0.3 is 9.30 Å². The summed E-state index contributed by atoms with van der Waals surface area (Å²) in [6, 6.07) is 0. The van der Waals surface area contributed by atoms with E-state index in [1.54, 1.807) is 4.90 Å². The van der Waals surface area contributed by atoms with Crippen LogP contribution in [-0.2, 0) is 11.3 Å². The van der Waals surface area contributed by atoms with Crippen molar-refractivity contribution in [1.29, 1.82) is 0 Å². The molecule has 1 aromatic heterocycles. The molecule has 1 amide bonds. The summed E-state index contributed by atoms with van der Waals surface area (Å²) in [6.07, 6.45) is -0.360. The van der Waals surface area contributed by atoms with E-state index < -0.39 is 5.60 Å². The average molecular weight is 367 g/mol. The van der Waals surface area contributed by atoms with E-state index in [1.807, 2.05) is 25.3 Å². The number of hydrogen-bond acceptors (Lipinski definition) is 3. The molecular weight excluding hydrogens is 354 g/mol. The van der Waals surface area contributed by atoms with Crippen LogP contribution in [0.2, 0.25) is 0 Å². The van der Waals surface area contributed by atoms with Crippen molar-refractivity contribution in [3.63, 3.8) is 0 Å². The Hall–Kier alpha value is -0.560. The fraction of sp³-hybridized carbons (Fsp3) is 0.600. The second kappa shape index (κ2) is 4.28. The molecule has 2 rings (SSSR count). The highest BCUT2D eigenvalue weighted by Crippen LogP contribution is 2.32. The van der Waals surface area contributed by atoms with Gasteiger partial charge in [0.1, 0.15) is 14.8 Å². The summed E-state index contributed by atoms with van der Waals surface area (Å²) in [5.41, 5.74) is -0.494. The molecule has 0 unspecified atom stereocenters. The van der Waals surface area contributed by atoms with Crippen molar-refractivity contribution >= 4 is 43.9 Å². The normalized spacial score (nSPS) is 15.0. The van der Waals surface area contributed by atoms with E-state index in [-0.39, 0.29) is 6.09 Å². The second-order valence-electron chi connectivity index (χ2n) is 4.78. The number of halogens is 2. The minimum Gasteiger partial charge on any atom is -0.443 e. The van der Waals surface area contributed by atoms with Crippen LogP contribution in [0.3, 0.4) is 0 Å². The van der Waals surface area contributed by atoms with Gasteiger partial charge in [-0.2, -0.15) is 0 Å². The fourth-order valence-electron chi connectivity index (χ4n) is 1.59. The fourth-order valence-corrected chi connectivity index (χ4v) is 2.38. The molecule has 2 heterocycles. The lowest BCUT2D eigenvalue weighted by molar-refractivity contribution is 0.0583. The number of nitrogens with zero attached hydrogens (tertiary/aromatic N) is 3. The minimum absolute atomic E-state index is 0.360. The Balaban J connectivity index is 2.22. The van der Waals surface area contributed by atoms with E-state index in [4.69, 9.17) is 4.74 Å². The third-order valence-electron chi connectivity index (χ3n) is 2.25. The molecule has 1 aliphatic rings. The van der Waals surface area contributed by atoms with Crippen LogP contribution in [0.25, 0.3) is 0 Å². The molecule has 0 fully saturated rings. The van der Waals surface area contributed by atoms with Crippen LogP contribution in [0.15, 0.2) is 9.21 Å².